The number of carbonyl (C=O) groups is 1. The Morgan fingerprint density at radius 1 is 1.08 bits per heavy atom. The molecule has 1 N–H and O–H groups in total. The van der Waals surface area contributed by atoms with Crippen molar-refractivity contribution in [2.75, 3.05) is 6.61 Å². The molecule has 4 bridgehead atoms. The Bertz CT molecular complexity index is 686. The van der Waals surface area contributed by atoms with Gasteiger partial charge in [0.1, 0.15) is 5.75 Å². The van der Waals surface area contributed by atoms with E-state index in [-0.39, 0.29) is 24.0 Å². The highest BCUT2D eigenvalue weighted by Gasteiger charge is 2.53. The fraction of sp³-hybridized carbons (Fsp3) is 0.650. The van der Waals surface area contributed by atoms with E-state index in [2.05, 4.69) is 12.2 Å². The number of halogens is 3. The van der Waals surface area contributed by atoms with Crippen LogP contribution in [0.25, 0.3) is 0 Å². The van der Waals surface area contributed by atoms with Gasteiger partial charge in [-0.15, -0.1) is 0 Å². The van der Waals surface area contributed by atoms with Gasteiger partial charge in [-0.05, 0) is 74.7 Å². The molecule has 0 unspecified atom stereocenters. The van der Waals surface area contributed by atoms with Crippen LogP contribution in [0.2, 0.25) is 15.1 Å². The number of nitrogens with one attached hydrogen (secondary N) is 1. The summed E-state index contributed by atoms with van der Waals surface area (Å²) in [4.78, 5) is 12.4. The van der Waals surface area contributed by atoms with E-state index in [0.29, 0.717) is 20.8 Å². The summed E-state index contributed by atoms with van der Waals surface area (Å²) in [5, 5.41) is 4.25. The van der Waals surface area contributed by atoms with Gasteiger partial charge in [0, 0.05) is 12.1 Å². The summed E-state index contributed by atoms with van der Waals surface area (Å²) >= 11 is 18.0. The molecule has 1 aromatic carbocycles. The molecule has 142 valence electrons. The van der Waals surface area contributed by atoms with E-state index in [1.807, 2.05) is 0 Å². The molecule has 0 radical (unpaired) electrons. The van der Waals surface area contributed by atoms with Crippen molar-refractivity contribution in [1.29, 1.82) is 0 Å². The highest BCUT2D eigenvalue weighted by molar-refractivity contribution is 6.43. The van der Waals surface area contributed by atoms with Crippen LogP contribution in [0.15, 0.2) is 12.1 Å². The van der Waals surface area contributed by atoms with Crippen molar-refractivity contribution in [2.24, 2.45) is 23.2 Å². The third-order valence-corrected chi connectivity index (χ3v) is 7.73. The Hall–Kier alpha value is -0.640. The number of ether oxygens (including phenoxy) is 1. The van der Waals surface area contributed by atoms with E-state index < -0.39 is 0 Å². The molecular formula is C20H24Cl3NO2. The van der Waals surface area contributed by atoms with Crippen LogP contribution in [0.1, 0.15) is 45.4 Å². The smallest absolute Gasteiger partial charge is 0.258 e. The van der Waals surface area contributed by atoms with Crippen molar-refractivity contribution in [3.8, 4) is 5.75 Å². The first kappa shape index (κ1) is 18.7. The molecule has 5 rings (SSSR count). The summed E-state index contributed by atoms with van der Waals surface area (Å²) in [5.74, 6) is 2.86. The first-order chi connectivity index (χ1) is 12.3. The Balaban J connectivity index is 1.36. The van der Waals surface area contributed by atoms with Gasteiger partial charge in [-0.25, -0.2) is 0 Å². The number of hydrogen-bond acceptors (Lipinski definition) is 2. The number of hydrogen-bond donors (Lipinski definition) is 1. The third-order valence-electron chi connectivity index (χ3n) is 6.72. The van der Waals surface area contributed by atoms with Gasteiger partial charge in [-0.3, -0.25) is 4.79 Å². The monoisotopic (exact) mass is 415 g/mol. The third kappa shape index (κ3) is 3.55. The average molecular weight is 417 g/mol. The van der Waals surface area contributed by atoms with Gasteiger partial charge in [0.25, 0.3) is 5.91 Å². The molecule has 6 heteroatoms. The molecule has 4 aliphatic carbocycles. The molecule has 1 aromatic rings. The minimum atomic E-state index is -0.115. The highest BCUT2D eigenvalue weighted by atomic mass is 35.5. The van der Waals surface area contributed by atoms with Crippen molar-refractivity contribution in [2.45, 2.75) is 51.5 Å². The maximum atomic E-state index is 12.4. The molecule has 4 fully saturated rings. The highest BCUT2D eigenvalue weighted by Crippen LogP contribution is 2.61. The van der Waals surface area contributed by atoms with Gasteiger partial charge in [0.2, 0.25) is 0 Å². The van der Waals surface area contributed by atoms with Gasteiger partial charge in [-0.1, -0.05) is 34.8 Å². The maximum absolute atomic E-state index is 12.4. The molecule has 1 atom stereocenters. The van der Waals surface area contributed by atoms with Gasteiger partial charge in [0.15, 0.2) is 6.61 Å². The first-order valence-electron chi connectivity index (χ1n) is 9.41. The predicted molar refractivity (Wildman–Crippen MR) is 105 cm³/mol. The van der Waals surface area contributed by atoms with Crippen molar-refractivity contribution in [1.82, 2.24) is 5.32 Å². The van der Waals surface area contributed by atoms with E-state index in [9.17, 15) is 4.79 Å². The number of benzene rings is 1. The molecule has 0 aliphatic heterocycles. The Kier molecular flexibility index (Phi) is 5.09. The van der Waals surface area contributed by atoms with Crippen molar-refractivity contribution in [3.63, 3.8) is 0 Å². The summed E-state index contributed by atoms with van der Waals surface area (Å²) in [6.45, 7) is 2.09. The lowest BCUT2D eigenvalue weighted by molar-refractivity contribution is -0.127. The largest absolute Gasteiger partial charge is 0.482 e. The molecule has 4 saturated carbocycles. The van der Waals surface area contributed by atoms with Gasteiger partial charge in [-0.2, -0.15) is 0 Å². The fourth-order valence-electron chi connectivity index (χ4n) is 5.90. The minimum Gasteiger partial charge on any atom is -0.482 e. The van der Waals surface area contributed by atoms with Crippen LogP contribution in [0.4, 0.5) is 0 Å². The van der Waals surface area contributed by atoms with Gasteiger partial charge < -0.3 is 10.1 Å². The van der Waals surface area contributed by atoms with Crippen molar-refractivity contribution in [3.05, 3.63) is 27.2 Å². The SMILES string of the molecule is C[C@@H](NC(=O)COc1cc(Cl)c(Cl)cc1Cl)C12CC3CC(CC(C3)C1)C2. The summed E-state index contributed by atoms with van der Waals surface area (Å²) in [6.07, 6.45) is 8.00. The topological polar surface area (TPSA) is 38.3 Å². The molecule has 0 spiro atoms. The maximum Gasteiger partial charge on any atom is 0.258 e. The molecule has 0 saturated heterocycles. The van der Waals surface area contributed by atoms with E-state index in [1.165, 1.54) is 44.6 Å². The zero-order chi connectivity index (χ0) is 18.5. The molecule has 1 amide bonds. The Morgan fingerprint density at radius 2 is 1.62 bits per heavy atom. The van der Waals surface area contributed by atoms with Gasteiger partial charge >= 0.3 is 0 Å². The van der Waals surface area contributed by atoms with Crippen LogP contribution in [-0.4, -0.2) is 18.6 Å². The lowest BCUT2D eigenvalue weighted by Crippen LogP contribution is -2.56. The van der Waals surface area contributed by atoms with Crippen molar-refractivity contribution >= 4 is 40.7 Å². The zero-order valence-electron chi connectivity index (χ0n) is 14.9. The van der Waals surface area contributed by atoms with Crippen LogP contribution in [-0.2, 0) is 4.79 Å². The minimum absolute atomic E-state index is 0.0750. The van der Waals surface area contributed by atoms with Crippen LogP contribution in [0.3, 0.4) is 0 Å². The standard InChI is InChI=1S/C20H24Cl3NO2/c1-11(20-7-12-2-13(8-20)4-14(3-12)9-20)24-19(25)10-26-18-6-16(22)15(21)5-17(18)23/h5-6,11-14H,2-4,7-10H2,1H3,(H,24,25)/t11-,12?,13?,14?,20?/m1/s1. The van der Waals surface area contributed by atoms with Crippen molar-refractivity contribution < 1.29 is 9.53 Å². The Labute approximate surface area is 169 Å². The number of amides is 1. The second-order valence-corrected chi connectivity index (χ2v) is 9.78. The fourth-order valence-corrected chi connectivity index (χ4v) is 6.49. The second-order valence-electron chi connectivity index (χ2n) is 8.55. The summed E-state index contributed by atoms with van der Waals surface area (Å²) in [5.41, 5.74) is 0.283. The first-order valence-corrected chi connectivity index (χ1v) is 10.5. The van der Waals surface area contributed by atoms with Gasteiger partial charge in [0.05, 0.1) is 15.1 Å². The number of rotatable bonds is 5. The summed E-state index contributed by atoms with van der Waals surface area (Å²) in [6, 6.07) is 3.25. The van der Waals surface area contributed by atoms with E-state index >= 15 is 0 Å². The van der Waals surface area contributed by atoms with Crippen LogP contribution < -0.4 is 10.1 Å². The quantitative estimate of drug-likeness (QED) is 0.621. The summed E-state index contributed by atoms with van der Waals surface area (Å²) < 4.78 is 5.57. The summed E-state index contributed by atoms with van der Waals surface area (Å²) in [7, 11) is 0. The van der Waals surface area contributed by atoms with E-state index in [0.717, 1.165) is 17.8 Å². The van der Waals surface area contributed by atoms with E-state index in [4.69, 9.17) is 39.5 Å². The average Bonchev–Trinajstić information content (AvgIpc) is 2.55. The molecule has 0 heterocycles. The van der Waals surface area contributed by atoms with E-state index in [1.54, 1.807) is 6.07 Å². The molecule has 0 aromatic heterocycles. The Morgan fingerprint density at radius 3 is 2.19 bits per heavy atom. The molecule has 26 heavy (non-hydrogen) atoms. The second kappa shape index (κ2) is 7.07. The molecule has 4 aliphatic rings. The van der Waals surface area contributed by atoms with Crippen LogP contribution in [0.5, 0.6) is 5.75 Å². The lowest BCUT2D eigenvalue weighted by Gasteiger charge is -2.59. The van der Waals surface area contributed by atoms with Crippen LogP contribution >= 0.6 is 34.8 Å². The molecule has 3 nitrogen and oxygen atoms in total. The normalized spacial score (nSPS) is 33.2. The number of carbonyl (C=O) groups excluding carboxylic acids is 1. The molecular weight excluding hydrogens is 393 g/mol. The van der Waals surface area contributed by atoms with Crippen LogP contribution in [0, 0.1) is 23.2 Å². The zero-order valence-corrected chi connectivity index (χ0v) is 17.1. The predicted octanol–water partition coefficient (Wildman–Crippen LogP) is 5.75. The lowest BCUT2D eigenvalue weighted by atomic mass is 9.48.